The summed E-state index contributed by atoms with van der Waals surface area (Å²) in [5.74, 6) is -0.503. The second kappa shape index (κ2) is 7.61. The number of sulfone groups is 1. The summed E-state index contributed by atoms with van der Waals surface area (Å²) in [5.41, 5.74) is 1.69. The van der Waals surface area contributed by atoms with Gasteiger partial charge in [-0.1, -0.05) is 42.4 Å². The van der Waals surface area contributed by atoms with Crippen LogP contribution >= 0.6 is 0 Å². The molecule has 2 atom stereocenters. The number of hydrogen-bond donors (Lipinski definition) is 1. The maximum atomic E-state index is 12.3. The van der Waals surface area contributed by atoms with Crippen molar-refractivity contribution in [1.82, 2.24) is 10.5 Å². The van der Waals surface area contributed by atoms with Gasteiger partial charge in [-0.25, -0.2) is 8.42 Å². The second-order valence-electron chi connectivity index (χ2n) is 5.94. The highest BCUT2D eigenvalue weighted by Crippen LogP contribution is 2.15. The van der Waals surface area contributed by atoms with Crippen LogP contribution in [0, 0.1) is 6.92 Å². The largest absolute Gasteiger partial charge is 0.360 e. The minimum absolute atomic E-state index is 0.0991. The highest BCUT2D eigenvalue weighted by Gasteiger charge is 2.29. The molecule has 1 heterocycles. The van der Waals surface area contributed by atoms with Gasteiger partial charge in [-0.2, -0.15) is 0 Å². The fourth-order valence-corrected chi connectivity index (χ4v) is 3.46. The normalized spacial score (nSPS) is 14.1. The lowest BCUT2D eigenvalue weighted by Crippen LogP contribution is -2.39. The molecule has 6 nitrogen and oxygen atoms in total. The zero-order valence-corrected chi connectivity index (χ0v) is 14.8. The Balaban J connectivity index is 1.93. The van der Waals surface area contributed by atoms with E-state index in [0.29, 0.717) is 12.2 Å². The predicted octanol–water partition coefficient (Wildman–Crippen LogP) is 2.21. The Morgan fingerprint density at radius 2 is 1.92 bits per heavy atom. The molecule has 1 N–H and O–H groups in total. The van der Waals surface area contributed by atoms with Crippen LogP contribution in [0.3, 0.4) is 0 Å². The number of carbonyl (C=O) groups is 1. The standard InChI is InChI=1S/C17H22N2O4S/c1-12(15-7-5-4-6-8-15)10-18-17(20)14(3)24(21,22)11-16-9-13(2)19-23-16/h4-9,12,14H,10-11H2,1-3H3,(H,18,20)/t12-,14+/m0/s1. The first-order valence-corrected chi connectivity index (χ1v) is 9.47. The molecule has 0 aliphatic rings. The van der Waals surface area contributed by atoms with E-state index in [1.165, 1.54) is 6.92 Å². The molecule has 2 aromatic rings. The Labute approximate surface area is 142 Å². The molecule has 7 heteroatoms. The molecule has 0 unspecified atom stereocenters. The van der Waals surface area contributed by atoms with Gasteiger partial charge in [-0.05, 0) is 25.3 Å². The van der Waals surface area contributed by atoms with E-state index in [2.05, 4.69) is 10.5 Å². The number of amides is 1. The van der Waals surface area contributed by atoms with Gasteiger partial charge < -0.3 is 9.84 Å². The van der Waals surface area contributed by atoms with E-state index >= 15 is 0 Å². The summed E-state index contributed by atoms with van der Waals surface area (Å²) in [7, 11) is -3.66. The van der Waals surface area contributed by atoms with Gasteiger partial charge in [0.05, 0.1) is 5.69 Å². The molecular formula is C17H22N2O4S. The van der Waals surface area contributed by atoms with E-state index in [1.54, 1.807) is 13.0 Å². The smallest absolute Gasteiger partial charge is 0.238 e. The monoisotopic (exact) mass is 350 g/mol. The summed E-state index contributed by atoms with van der Waals surface area (Å²) < 4.78 is 29.6. The zero-order valence-electron chi connectivity index (χ0n) is 14.0. The minimum atomic E-state index is -3.66. The quantitative estimate of drug-likeness (QED) is 0.827. The van der Waals surface area contributed by atoms with Gasteiger partial charge in [0.15, 0.2) is 15.6 Å². The van der Waals surface area contributed by atoms with Crippen LogP contribution in [0.4, 0.5) is 0 Å². The first kappa shape index (κ1) is 18.2. The maximum absolute atomic E-state index is 12.3. The molecule has 0 bridgehead atoms. The van der Waals surface area contributed by atoms with Crippen molar-refractivity contribution in [3.63, 3.8) is 0 Å². The summed E-state index contributed by atoms with van der Waals surface area (Å²) in [5, 5.41) is 5.22. The molecule has 24 heavy (non-hydrogen) atoms. The molecule has 0 saturated heterocycles. The van der Waals surface area contributed by atoms with Crippen molar-refractivity contribution >= 4 is 15.7 Å². The van der Waals surface area contributed by atoms with E-state index in [1.807, 2.05) is 37.3 Å². The predicted molar refractivity (Wildman–Crippen MR) is 91.2 cm³/mol. The fraction of sp³-hybridized carbons (Fsp3) is 0.412. The lowest BCUT2D eigenvalue weighted by atomic mass is 10.0. The van der Waals surface area contributed by atoms with Crippen LogP contribution < -0.4 is 5.32 Å². The fourth-order valence-electron chi connectivity index (χ4n) is 2.27. The topological polar surface area (TPSA) is 89.3 Å². The van der Waals surface area contributed by atoms with Crippen molar-refractivity contribution in [3.05, 3.63) is 53.4 Å². The van der Waals surface area contributed by atoms with Gasteiger partial charge in [-0.3, -0.25) is 4.79 Å². The van der Waals surface area contributed by atoms with Crippen molar-refractivity contribution in [2.45, 2.75) is 37.7 Å². The molecular weight excluding hydrogens is 328 g/mol. The number of aromatic nitrogens is 1. The van der Waals surface area contributed by atoms with Gasteiger partial charge >= 0.3 is 0 Å². The minimum Gasteiger partial charge on any atom is -0.360 e. The summed E-state index contributed by atoms with van der Waals surface area (Å²) in [6.45, 7) is 5.46. The van der Waals surface area contributed by atoms with Crippen molar-refractivity contribution in [2.24, 2.45) is 0 Å². The van der Waals surface area contributed by atoms with Crippen LogP contribution in [0.15, 0.2) is 40.9 Å². The summed E-state index contributed by atoms with van der Waals surface area (Å²) >= 11 is 0. The summed E-state index contributed by atoms with van der Waals surface area (Å²) in [4.78, 5) is 12.2. The van der Waals surface area contributed by atoms with Crippen LogP contribution in [0.1, 0.15) is 36.8 Å². The molecule has 130 valence electrons. The Hall–Kier alpha value is -2.15. The van der Waals surface area contributed by atoms with E-state index in [0.717, 1.165) is 5.56 Å². The molecule has 1 aromatic heterocycles. The van der Waals surface area contributed by atoms with Crippen LogP contribution in [0.25, 0.3) is 0 Å². The molecule has 0 aliphatic carbocycles. The lowest BCUT2D eigenvalue weighted by molar-refractivity contribution is -0.120. The average Bonchev–Trinajstić information content (AvgIpc) is 2.96. The second-order valence-corrected chi connectivity index (χ2v) is 8.26. The first-order chi connectivity index (χ1) is 11.3. The van der Waals surface area contributed by atoms with Gasteiger partial charge in [0, 0.05) is 12.6 Å². The number of carbonyl (C=O) groups excluding carboxylic acids is 1. The molecule has 0 spiro atoms. The van der Waals surface area contributed by atoms with Crippen molar-refractivity contribution in [3.8, 4) is 0 Å². The SMILES string of the molecule is Cc1cc(CS(=O)(=O)[C@H](C)C(=O)NC[C@H](C)c2ccccc2)on1. The van der Waals surface area contributed by atoms with E-state index in [9.17, 15) is 13.2 Å². The van der Waals surface area contributed by atoms with Gasteiger partial charge in [0.2, 0.25) is 5.91 Å². The first-order valence-electron chi connectivity index (χ1n) is 7.76. The Morgan fingerprint density at radius 1 is 1.25 bits per heavy atom. The number of benzene rings is 1. The van der Waals surface area contributed by atoms with Crippen molar-refractivity contribution < 1.29 is 17.7 Å². The number of hydrogen-bond acceptors (Lipinski definition) is 5. The van der Waals surface area contributed by atoms with E-state index in [4.69, 9.17) is 4.52 Å². The van der Waals surface area contributed by atoms with Crippen molar-refractivity contribution in [2.75, 3.05) is 6.54 Å². The van der Waals surface area contributed by atoms with Gasteiger partial charge in [0.1, 0.15) is 11.0 Å². The maximum Gasteiger partial charge on any atom is 0.238 e. The number of rotatable bonds is 7. The lowest BCUT2D eigenvalue weighted by Gasteiger charge is -2.16. The van der Waals surface area contributed by atoms with Crippen LogP contribution in [0.5, 0.6) is 0 Å². The van der Waals surface area contributed by atoms with E-state index in [-0.39, 0.29) is 17.4 Å². The van der Waals surface area contributed by atoms with Crippen LogP contribution in [-0.2, 0) is 20.4 Å². The van der Waals surface area contributed by atoms with Gasteiger partial charge in [0.25, 0.3) is 0 Å². The highest BCUT2D eigenvalue weighted by atomic mass is 32.2. The van der Waals surface area contributed by atoms with Crippen molar-refractivity contribution in [1.29, 1.82) is 0 Å². The molecule has 1 aromatic carbocycles. The third-order valence-corrected chi connectivity index (χ3v) is 5.86. The number of nitrogens with zero attached hydrogens (tertiary/aromatic N) is 1. The molecule has 2 rings (SSSR count). The van der Waals surface area contributed by atoms with E-state index < -0.39 is 21.0 Å². The third kappa shape index (κ3) is 4.67. The molecule has 0 saturated carbocycles. The number of aryl methyl sites for hydroxylation is 1. The zero-order chi connectivity index (χ0) is 17.7. The molecule has 0 fully saturated rings. The Bertz CT molecular complexity index is 784. The highest BCUT2D eigenvalue weighted by molar-refractivity contribution is 7.92. The summed E-state index contributed by atoms with van der Waals surface area (Å²) in [6.07, 6.45) is 0. The molecule has 0 aliphatic heterocycles. The number of nitrogens with one attached hydrogen (secondary N) is 1. The Kier molecular flexibility index (Phi) is 5.77. The average molecular weight is 350 g/mol. The van der Waals surface area contributed by atoms with Gasteiger partial charge in [-0.15, -0.1) is 0 Å². The third-order valence-electron chi connectivity index (χ3n) is 3.88. The Morgan fingerprint density at radius 3 is 2.50 bits per heavy atom. The van der Waals surface area contributed by atoms with Crippen LogP contribution in [-0.4, -0.2) is 31.3 Å². The molecule has 0 radical (unpaired) electrons. The van der Waals surface area contributed by atoms with Crippen LogP contribution in [0.2, 0.25) is 0 Å². The molecule has 1 amide bonds. The summed E-state index contributed by atoms with van der Waals surface area (Å²) in [6, 6.07) is 11.3.